The number of benzene rings is 2. The second-order valence-electron chi connectivity index (χ2n) is 6.52. The van der Waals surface area contributed by atoms with Gasteiger partial charge in [-0.25, -0.2) is 4.39 Å². The molecule has 142 valence electrons. The van der Waals surface area contributed by atoms with Gasteiger partial charge in [-0.1, -0.05) is 23.7 Å². The SMILES string of the molecule is Nc1[nH]nc(-c2ccc(F)cc2)c1-c1ccc2nnc(-c3ccccc3Cl)n2c1. The predicted octanol–water partition coefficient (Wildman–Crippen LogP) is 4.83. The lowest BCUT2D eigenvalue weighted by atomic mass is 10.0. The van der Waals surface area contributed by atoms with Crippen LogP contribution in [0.25, 0.3) is 39.4 Å². The normalized spacial score (nSPS) is 11.2. The maximum atomic E-state index is 13.3. The molecule has 0 fully saturated rings. The number of rotatable bonds is 3. The van der Waals surface area contributed by atoms with Crippen LogP contribution in [0.4, 0.5) is 10.2 Å². The van der Waals surface area contributed by atoms with Gasteiger partial charge in [0.25, 0.3) is 0 Å². The summed E-state index contributed by atoms with van der Waals surface area (Å²) in [6, 6.07) is 17.3. The van der Waals surface area contributed by atoms with Crippen LogP contribution in [-0.4, -0.2) is 24.8 Å². The molecule has 0 saturated heterocycles. The molecule has 0 saturated carbocycles. The van der Waals surface area contributed by atoms with Gasteiger partial charge in [-0.2, -0.15) is 5.10 Å². The smallest absolute Gasteiger partial charge is 0.169 e. The highest BCUT2D eigenvalue weighted by atomic mass is 35.5. The molecule has 3 heterocycles. The van der Waals surface area contributed by atoms with Crippen LogP contribution in [0.1, 0.15) is 0 Å². The molecule has 0 aliphatic carbocycles. The first kappa shape index (κ1) is 17.4. The summed E-state index contributed by atoms with van der Waals surface area (Å²) in [4.78, 5) is 0. The zero-order chi connectivity index (χ0) is 20.0. The Kier molecular flexibility index (Phi) is 4.03. The van der Waals surface area contributed by atoms with E-state index in [-0.39, 0.29) is 5.82 Å². The van der Waals surface area contributed by atoms with E-state index >= 15 is 0 Å². The Bertz CT molecular complexity index is 1340. The van der Waals surface area contributed by atoms with Gasteiger partial charge in [-0.3, -0.25) is 9.50 Å². The summed E-state index contributed by atoms with van der Waals surface area (Å²) in [5.74, 6) is 0.725. The molecule has 5 aromatic rings. The van der Waals surface area contributed by atoms with Crippen molar-refractivity contribution in [2.24, 2.45) is 0 Å². The van der Waals surface area contributed by atoms with Gasteiger partial charge in [-0.15, -0.1) is 10.2 Å². The third kappa shape index (κ3) is 2.92. The van der Waals surface area contributed by atoms with E-state index in [1.54, 1.807) is 12.1 Å². The van der Waals surface area contributed by atoms with E-state index in [4.69, 9.17) is 17.3 Å². The minimum Gasteiger partial charge on any atom is -0.384 e. The van der Waals surface area contributed by atoms with Crippen molar-refractivity contribution in [1.29, 1.82) is 0 Å². The summed E-state index contributed by atoms with van der Waals surface area (Å²) >= 11 is 6.35. The van der Waals surface area contributed by atoms with Crippen molar-refractivity contribution in [2.45, 2.75) is 0 Å². The Morgan fingerprint density at radius 3 is 2.48 bits per heavy atom. The summed E-state index contributed by atoms with van der Waals surface area (Å²) < 4.78 is 15.2. The second-order valence-corrected chi connectivity index (χ2v) is 6.92. The van der Waals surface area contributed by atoms with Crippen molar-refractivity contribution >= 4 is 23.1 Å². The number of anilines is 1. The predicted molar refractivity (Wildman–Crippen MR) is 111 cm³/mol. The maximum absolute atomic E-state index is 13.3. The van der Waals surface area contributed by atoms with Crippen LogP contribution >= 0.6 is 11.6 Å². The molecule has 5 rings (SSSR count). The number of nitrogens with zero attached hydrogens (tertiary/aromatic N) is 4. The van der Waals surface area contributed by atoms with Gasteiger partial charge in [0.15, 0.2) is 11.5 Å². The number of H-pyrrole nitrogens is 1. The van der Waals surface area contributed by atoms with Gasteiger partial charge in [0, 0.05) is 22.9 Å². The number of pyridine rings is 1. The average Bonchev–Trinajstić information content (AvgIpc) is 3.32. The molecule has 8 heteroatoms. The summed E-state index contributed by atoms with van der Waals surface area (Å²) in [5, 5.41) is 16.2. The molecular weight excluding hydrogens is 391 g/mol. The molecule has 0 radical (unpaired) electrons. The highest BCUT2D eigenvalue weighted by molar-refractivity contribution is 6.33. The standard InChI is InChI=1S/C21H14ClFN6/c22-16-4-2-1-3-15(16)21-28-25-17-10-7-13(11-29(17)21)18-19(26-27-20(18)24)12-5-8-14(23)9-6-12/h1-11H,(H3,24,26,27). The number of aromatic nitrogens is 5. The summed E-state index contributed by atoms with van der Waals surface area (Å²) in [7, 11) is 0. The average molecular weight is 405 g/mol. The Morgan fingerprint density at radius 2 is 1.69 bits per heavy atom. The molecule has 2 aromatic carbocycles. The number of halogens is 2. The second kappa shape index (κ2) is 6.72. The summed E-state index contributed by atoms with van der Waals surface area (Å²) in [6.07, 6.45) is 1.89. The summed E-state index contributed by atoms with van der Waals surface area (Å²) in [5.41, 5.74) is 10.6. The summed E-state index contributed by atoms with van der Waals surface area (Å²) in [6.45, 7) is 0. The molecule has 0 atom stereocenters. The highest BCUT2D eigenvalue weighted by Gasteiger charge is 2.18. The molecule has 3 N–H and O–H groups in total. The zero-order valence-electron chi connectivity index (χ0n) is 15.0. The topological polar surface area (TPSA) is 84.9 Å². The number of aromatic amines is 1. The minimum atomic E-state index is -0.311. The van der Waals surface area contributed by atoms with E-state index < -0.39 is 0 Å². The number of nitrogen functional groups attached to an aromatic ring is 1. The highest BCUT2D eigenvalue weighted by Crippen LogP contribution is 2.35. The van der Waals surface area contributed by atoms with E-state index in [0.717, 1.165) is 22.3 Å². The van der Waals surface area contributed by atoms with Crippen molar-refractivity contribution in [1.82, 2.24) is 24.8 Å². The third-order valence-electron chi connectivity index (χ3n) is 4.72. The monoisotopic (exact) mass is 404 g/mol. The van der Waals surface area contributed by atoms with Gasteiger partial charge in [0.2, 0.25) is 0 Å². The first-order valence-corrected chi connectivity index (χ1v) is 9.19. The molecule has 0 unspecified atom stereocenters. The quantitative estimate of drug-likeness (QED) is 0.451. The Labute approximate surface area is 169 Å². The fourth-order valence-corrected chi connectivity index (χ4v) is 3.55. The molecule has 3 aromatic heterocycles. The van der Waals surface area contributed by atoms with E-state index in [1.165, 1.54) is 12.1 Å². The lowest BCUT2D eigenvalue weighted by Gasteiger charge is -2.07. The number of fused-ring (bicyclic) bond motifs is 1. The van der Waals surface area contributed by atoms with E-state index in [9.17, 15) is 4.39 Å². The fraction of sp³-hybridized carbons (Fsp3) is 0. The van der Waals surface area contributed by atoms with Crippen LogP contribution in [0.15, 0.2) is 66.9 Å². The van der Waals surface area contributed by atoms with Crippen molar-refractivity contribution in [2.75, 3.05) is 5.73 Å². The van der Waals surface area contributed by atoms with Crippen molar-refractivity contribution in [3.8, 4) is 33.8 Å². The molecular formula is C21H14ClFN6. The minimum absolute atomic E-state index is 0.311. The number of hydrogen-bond donors (Lipinski definition) is 2. The van der Waals surface area contributed by atoms with Gasteiger partial charge in [0.1, 0.15) is 17.3 Å². The molecule has 0 aliphatic rings. The van der Waals surface area contributed by atoms with Crippen LogP contribution in [0.3, 0.4) is 0 Å². The molecule has 29 heavy (non-hydrogen) atoms. The van der Waals surface area contributed by atoms with Crippen molar-refractivity contribution in [3.63, 3.8) is 0 Å². The lowest BCUT2D eigenvalue weighted by molar-refractivity contribution is 0.628. The largest absolute Gasteiger partial charge is 0.384 e. The van der Waals surface area contributed by atoms with E-state index in [2.05, 4.69) is 20.4 Å². The van der Waals surface area contributed by atoms with Crippen LogP contribution in [0.2, 0.25) is 5.02 Å². The number of nitrogens with one attached hydrogen (secondary N) is 1. The van der Waals surface area contributed by atoms with E-state index in [0.29, 0.717) is 28.0 Å². The first-order valence-electron chi connectivity index (χ1n) is 8.81. The molecule has 0 amide bonds. The number of hydrogen-bond acceptors (Lipinski definition) is 4. The lowest BCUT2D eigenvalue weighted by Crippen LogP contribution is -1.94. The fourth-order valence-electron chi connectivity index (χ4n) is 3.33. The van der Waals surface area contributed by atoms with Gasteiger partial charge >= 0.3 is 0 Å². The first-order chi connectivity index (χ1) is 14.1. The van der Waals surface area contributed by atoms with Gasteiger partial charge < -0.3 is 5.73 Å². The van der Waals surface area contributed by atoms with Crippen LogP contribution < -0.4 is 5.73 Å². The van der Waals surface area contributed by atoms with Crippen molar-refractivity contribution in [3.05, 3.63) is 77.7 Å². The number of nitrogens with two attached hydrogens (primary N) is 1. The maximum Gasteiger partial charge on any atom is 0.169 e. The van der Waals surface area contributed by atoms with Gasteiger partial charge in [-0.05, 0) is 48.5 Å². The molecule has 0 aliphatic heterocycles. The Hall–Kier alpha value is -3.71. The molecule has 6 nitrogen and oxygen atoms in total. The van der Waals surface area contributed by atoms with E-state index in [1.807, 2.05) is 47.0 Å². The molecule has 0 spiro atoms. The van der Waals surface area contributed by atoms with Crippen molar-refractivity contribution < 1.29 is 4.39 Å². The Morgan fingerprint density at radius 1 is 0.931 bits per heavy atom. The van der Waals surface area contributed by atoms with Crippen LogP contribution in [-0.2, 0) is 0 Å². The Balaban J connectivity index is 1.69. The van der Waals surface area contributed by atoms with Gasteiger partial charge in [0.05, 0.1) is 10.6 Å². The molecule has 0 bridgehead atoms. The van der Waals surface area contributed by atoms with Crippen LogP contribution in [0, 0.1) is 5.82 Å². The third-order valence-corrected chi connectivity index (χ3v) is 5.05. The van der Waals surface area contributed by atoms with Crippen LogP contribution in [0.5, 0.6) is 0 Å². The zero-order valence-corrected chi connectivity index (χ0v) is 15.7.